The molecule has 0 spiro atoms. The van der Waals surface area contributed by atoms with Crippen molar-refractivity contribution in [1.82, 2.24) is 9.88 Å². The van der Waals surface area contributed by atoms with Gasteiger partial charge in [-0.05, 0) is 24.3 Å². The maximum Gasteiger partial charge on any atom is 0.262 e. The van der Waals surface area contributed by atoms with Crippen molar-refractivity contribution in [3.05, 3.63) is 51.8 Å². The average Bonchev–Trinajstić information content (AvgIpc) is 2.73. The van der Waals surface area contributed by atoms with E-state index in [1.807, 2.05) is 0 Å². The largest absolute Gasteiger partial charge is 0.384 e. The van der Waals surface area contributed by atoms with E-state index in [4.69, 9.17) is 5.73 Å². The van der Waals surface area contributed by atoms with Crippen molar-refractivity contribution in [2.24, 2.45) is 0 Å². The summed E-state index contributed by atoms with van der Waals surface area (Å²) in [5.74, 6) is -1.53. The topological polar surface area (TPSA) is 128 Å². The molecule has 0 unspecified atom stereocenters. The Morgan fingerprint density at radius 1 is 1.04 bits per heavy atom. The molecule has 0 atom stereocenters. The lowest BCUT2D eigenvalue weighted by molar-refractivity contribution is 0.0880. The van der Waals surface area contributed by atoms with Crippen molar-refractivity contribution in [1.29, 1.82) is 0 Å². The van der Waals surface area contributed by atoms with Crippen LogP contribution in [0.3, 0.4) is 0 Å². The summed E-state index contributed by atoms with van der Waals surface area (Å²) in [7, 11) is -3.38. The summed E-state index contributed by atoms with van der Waals surface area (Å²) in [6.07, 6.45) is 1.06. The number of hydrogen-bond acceptors (Lipinski definition) is 6. The molecule has 0 saturated heterocycles. The van der Waals surface area contributed by atoms with Gasteiger partial charge in [-0.15, -0.1) is 0 Å². The molecule has 3 N–H and O–H groups in total. The van der Waals surface area contributed by atoms with Gasteiger partial charge in [0.05, 0.1) is 21.7 Å². The van der Waals surface area contributed by atoms with Gasteiger partial charge in [-0.25, -0.2) is 8.42 Å². The Labute approximate surface area is 130 Å². The molecule has 23 heavy (non-hydrogen) atoms. The van der Waals surface area contributed by atoms with Gasteiger partial charge in [0.2, 0.25) is 0 Å². The van der Waals surface area contributed by atoms with E-state index in [-0.39, 0.29) is 27.5 Å². The fourth-order valence-electron chi connectivity index (χ4n) is 2.39. The summed E-state index contributed by atoms with van der Waals surface area (Å²) in [5.41, 5.74) is 5.43. The highest BCUT2D eigenvalue weighted by Gasteiger charge is 2.31. The van der Waals surface area contributed by atoms with Gasteiger partial charge < -0.3 is 5.73 Å². The van der Waals surface area contributed by atoms with Crippen LogP contribution in [-0.2, 0) is 9.84 Å². The molecule has 0 bridgehead atoms. The van der Waals surface area contributed by atoms with E-state index >= 15 is 0 Å². The lowest BCUT2D eigenvalue weighted by Gasteiger charge is -2.12. The van der Waals surface area contributed by atoms with Crippen molar-refractivity contribution in [2.75, 3.05) is 12.0 Å². The molecule has 1 aliphatic rings. The minimum absolute atomic E-state index is 0.0678. The highest BCUT2D eigenvalue weighted by atomic mass is 32.2. The first kappa shape index (κ1) is 15.0. The zero-order valence-electron chi connectivity index (χ0n) is 11.9. The number of amides is 2. The minimum Gasteiger partial charge on any atom is -0.384 e. The zero-order chi connectivity index (χ0) is 16.9. The molecule has 2 amide bonds. The summed E-state index contributed by atoms with van der Waals surface area (Å²) in [5, 5.41) is 2.07. The maximum absolute atomic E-state index is 12.2. The third kappa shape index (κ3) is 2.30. The summed E-state index contributed by atoms with van der Waals surface area (Å²) >= 11 is 0. The molecule has 3 rings (SSSR count). The third-order valence-corrected chi connectivity index (χ3v) is 4.60. The first-order valence-electron chi connectivity index (χ1n) is 6.42. The van der Waals surface area contributed by atoms with Gasteiger partial charge in [-0.2, -0.15) is 0 Å². The first-order chi connectivity index (χ1) is 10.7. The van der Waals surface area contributed by atoms with Gasteiger partial charge in [0.25, 0.3) is 17.4 Å². The molecule has 0 aliphatic carbocycles. The SMILES string of the molecule is CS(=O)(=O)c1ccc(-n2c(N)c3c(cc2=O)C(=O)NC3=O)cc1. The Bertz CT molecular complexity index is 1020. The standard InChI is InChI=1S/C14H11N3O5S/c1-23(21,22)8-4-2-7(3-5-8)17-10(18)6-9-11(12(17)15)14(20)16-13(9)19/h2-6H,15H2,1H3,(H,16,19,20). The first-order valence-corrected chi connectivity index (χ1v) is 8.31. The molecule has 1 aliphatic heterocycles. The minimum atomic E-state index is -3.38. The van der Waals surface area contributed by atoms with Crippen molar-refractivity contribution in [3.8, 4) is 5.69 Å². The van der Waals surface area contributed by atoms with Crippen LogP contribution in [0.25, 0.3) is 5.69 Å². The fourth-order valence-corrected chi connectivity index (χ4v) is 3.02. The van der Waals surface area contributed by atoms with Gasteiger partial charge in [-0.3, -0.25) is 24.3 Å². The van der Waals surface area contributed by atoms with Crippen LogP contribution in [0.2, 0.25) is 0 Å². The molecule has 1 aromatic carbocycles. The van der Waals surface area contributed by atoms with E-state index in [0.717, 1.165) is 16.9 Å². The number of pyridine rings is 1. The molecular weight excluding hydrogens is 322 g/mol. The molecular formula is C14H11N3O5S. The number of benzene rings is 1. The van der Waals surface area contributed by atoms with Crippen LogP contribution in [0.15, 0.2) is 40.0 Å². The van der Waals surface area contributed by atoms with Crippen molar-refractivity contribution in [3.63, 3.8) is 0 Å². The molecule has 8 nitrogen and oxygen atoms in total. The van der Waals surface area contributed by atoms with Gasteiger partial charge >= 0.3 is 0 Å². The van der Waals surface area contributed by atoms with Crippen LogP contribution in [0, 0.1) is 0 Å². The number of nitrogens with two attached hydrogens (primary N) is 1. The summed E-state index contributed by atoms with van der Waals surface area (Å²) in [6.45, 7) is 0. The van der Waals surface area contributed by atoms with E-state index in [1.54, 1.807) is 0 Å². The zero-order valence-corrected chi connectivity index (χ0v) is 12.7. The van der Waals surface area contributed by atoms with Crippen LogP contribution in [-0.4, -0.2) is 31.1 Å². The Balaban J connectivity index is 2.23. The summed E-state index contributed by atoms with van der Waals surface area (Å²) in [4.78, 5) is 35.6. The number of imide groups is 1. The van der Waals surface area contributed by atoms with Gasteiger partial charge in [-0.1, -0.05) is 0 Å². The Kier molecular flexibility index (Phi) is 3.11. The lowest BCUT2D eigenvalue weighted by atomic mass is 10.1. The molecule has 2 heterocycles. The summed E-state index contributed by atoms with van der Waals surface area (Å²) in [6, 6.07) is 6.48. The predicted molar refractivity (Wildman–Crippen MR) is 81.4 cm³/mol. The highest BCUT2D eigenvalue weighted by Crippen LogP contribution is 2.23. The number of fused-ring (bicyclic) bond motifs is 1. The van der Waals surface area contributed by atoms with Gasteiger partial charge in [0.15, 0.2) is 9.84 Å². The van der Waals surface area contributed by atoms with Crippen LogP contribution < -0.4 is 16.6 Å². The Morgan fingerprint density at radius 2 is 1.65 bits per heavy atom. The number of nitrogens with zero attached hydrogens (tertiary/aromatic N) is 1. The van der Waals surface area contributed by atoms with Gasteiger partial charge in [0, 0.05) is 12.3 Å². The van der Waals surface area contributed by atoms with E-state index < -0.39 is 27.2 Å². The number of nitrogens with one attached hydrogen (secondary N) is 1. The molecule has 0 saturated carbocycles. The normalized spacial score (nSPS) is 13.8. The van der Waals surface area contributed by atoms with Crippen molar-refractivity contribution >= 4 is 27.5 Å². The second kappa shape index (κ2) is 4.78. The number of anilines is 1. The van der Waals surface area contributed by atoms with E-state index in [0.29, 0.717) is 0 Å². The summed E-state index contributed by atoms with van der Waals surface area (Å²) < 4.78 is 24.0. The van der Waals surface area contributed by atoms with Crippen LogP contribution in [0.1, 0.15) is 20.7 Å². The van der Waals surface area contributed by atoms with E-state index in [9.17, 15) is 22.8 Å². The number of aromatic nitrogens is 1. The highest BCUT2D eigenvalue weighted by molar-refractivity contribution is 7.90. The maximum atomic E-state index is 12.2. The van der Waals surface area contributed by atoms with E-state index in [1.165, 1.54) is 24.3 Å². The molecule has 9 heteroatoms. The number of rotatable bonds is 2. The number of carbonyl (C=O) groups excluding carboxylic acids is 2. The monoisotopic (exact) mass is 333 g/mol. The third-order valence-electron chi connectivity index (χ3n) is 3.48. The Morgan fingerprint density at radius 3 is 2.22 bits per heavy atom. The number of nitrogen functional groups attached to an aromatic ring is 1. The lowest BCUT2D eigenvalue weighted by Crippen LogP contribution is -2.24. The van der Waals surface area contributed by atoms with Crippen LogP contribution in [0.5, 0.6) is 0 Å². The molecule has 1 aromatic heterocycles. The van der Waals surface area contributed by atoms with Crippen molar-refractivity contribution < 1.29 is 18.0 Å². The Hall–Kier alpha value is -2.94. The smallest absolute Gasteiger partial charge is 0.262 e. The quantitative estimate of drug-likeness (QED) is 0.727. The molecule has 2 aromatic rings. The van der Waals surface area contributed by atoms with E-state index in [2.05, 4.69) is 5.32 Å². The van der Waals surface area contributed by atoms with Gasteiger partial charge in [0.1, 0.15) is 5.82 Å². The van der Waals surface area contributed by atoms with Crippen molar-refractivity contribution in [2.45, 2.75) is 4.90 Å². The number of sulfone groups is 1. The van der Waals surface area contributed by atoms with Crippen LogP contribution >= 0.6 is 0 Å². The number of hydrogen-bond donors (Lipinski definition) is 2. The average molecular weight is 333 g/mol. The van der Waals surface area contributed by atoms with Crippen LogP contribution in [0.4, 0.5) is 5.82 Å². The predicted octanol–water partition coefficient (Wildman–Crippen LogP) is -0.293. The molecule has 0 radical (unpaired) electrons. The second-order valence-corrected chi connectivity index (χ2v) is 7.06. The molecule has 0 fully saturated rings. The number of carbonyl (C=O) groups is 2. The second-order valence-electron chi connectivity index (χ2n) is 5.04. The fraction of sp³-hybridized carbons (Fsp3) is 0.0714. The molecule has 118 valence electrons.